The molecule has 0 aliphatic carbocycles. The van der Waals surface area contributed by atoms with E-state index in [1.54, 1.807) is 0 Å². The highest BCUT2D eigenvalue weighted by molar-refractivity contribution is 9.11. The molecule has 0 atom stereocenters. The molecule has 0 spiro atoms. The minimum atomic E-state index is 0.889. The first-order valence-electron chi connectivity index (χ1n) is 5.05. The average molecular weight is 247 g/mol. The van der Waals surface area contributed by atoms with Crippen LogP contribution in [0, 0.1) is 0 Å². The van der Waals surface area contributed by atoms with Gasteiger partial charge in [-0.05, 0) is 45.4 Å². The molecule has 1 heterocycles. The average Bonchev–Trinajstić information content (AvgIpc) is 2.55. The van der Waals surface area contributed by atoms with E-state index in [0.29, 0.717) is 0 Å². The van der Waals surface area contributed by atoms with Gasteiger partial charge in [0.2, 0.25) is 0 Å². The van der Waals surface area contributed by atoms with Gasteiger partial charge in [-0.1, -0.05) is 22.5 Å². The Kier molecular flexibility index (Phi) is 5.67. The predicted octanol–water partition coefficient (Wildman–Crippen LogP) is 1.97. The van der Waals surface area contributed by atoms with Gasteiger partial charge in [0, 0.05) is 11.0 Å². The fourth-order valence-electron chi connectivity index (χ4n) is 1.66. The largest absolute Gasteiger partial charge is 0.312 e. The molecule has 0 aromatic heterocycles. The molecule has 1 rings (SSSR count). The quantitative estimate of drug-likeness (QED) is 0.722. The van der Waals surface area contributed by atoms with Crippen molar-refractivity contribution in [1.29, 1.82) is 0 Å². The summed E-state index contributed by atoms with van der Waals surface area (Å²) in [6, 6.07) is 0. The number of halogens is 1. The van der Waals surface area contributed by atoms with Crippen molar-refractivity contribution >= 4 is 15.9 Å². The highest BCUT2D eigenvalue weighted by atomic mass is 79.9. The summed E-state index contributed by atoms with van der Waals surface area (Å²) in [5.41, 5.74) is 0. The van der Waals surface area contributed by atoms with Crippen molar-refractivity contribution in [2.24, 2.45) is 0 Å². The summed E-state index contributed by atoms with van der Waals surface area (Å²) in [5, 5.41) is 3.34. The molecule has 0 aromatic carbocycles. The molecular weight excluding hydrogens is 228 g/mol. The first kappa shape index (κ1) is 11.2. The van der Waals surface area contributed by atoms with Crippen molar-refractivity contribution in [1.82, 2.24) is 10.2 Å². The number of hydrogen-bond donors (Lipinski definition) is 1. The molecule has 0 unspecified atom stereocenters. The Labute approximate surface area is 89.5 Å². The molecule has 0 saturated carbocycles. The maximum atomic E-state index is 3.77. The molecule has 0 bridgehead atoms. The van der Waals surface area contributed by atoms with Gasteiger partial charge in [-0.3, -0.25) is 0 Å². The van der Waals surface area contributed by atoms with Crippen molar-refractivity contribution < 1.29 is 0 Å². The van der Waals surface area contributed by atoms with Gasteiger partial charge in [-0.2, -0.15) is 0 Å². The Morgan fingerprint density at radius 2 is 2.08 bits per heavy atom. The van der Waals surface area contributed by atoms with Crippen LogP contribution in [0.3, 0.4) is 0 Å². The van der Waals surface area contributed by atoms with Crippen LogP contribution in [-0.4, -0.2) is 37.6 Å². The van der Waals surface area contributed by atoms with Gasteiger partial charge in [-0.15, -0.1) is 0 Å². The summed E-state index contributed by atoms with van der Waals surface area (Å²) in [6.07, 6.45) is 4.04. The Morgan fingerprint density at radius 3 is 2.69 bits per heavy atom. The lowest BCUT2D eigenvalue weighted by molar-refractivity contribution is 0.332. The first-order chi connectivity index (χ1) is 6.29. The molecule has 1 aliphatic heterocycles. The normalized spacial score (nSPS) is 17.9. The molecule has 3 heteroatoms. The van der Waals surface area contributed by atoms with Crippen molar-refractivity contribution in [3.8, 4) is 0 Å². The zero-order valence-corrected chi connectivity index (χ0v) is 9.78. The maximum Gasteiger partial charge on any atom is 0.0265 e. The zero-order valence-electron chi connectivity index (χ0n) is 8.19. The second kappa shape index (κ2) is 6.57. The topological polar surface area (TPSA) is 15.3 Å². The Hall–Kier alpha value is 0.140. The van der Waals surface area contributed by atoms with Crippen LogP contribution in [0.15, 0.2) is 11.1 Å². The number of nitrogens with zero attached hydrogens (tertiary/aromatic N) is 1. The standard InChI is InChI=1S/C10H19BrN2/c1-10(11)9-12-5-4-8-13-6-2-3-7-13/h12H,1-9H2. The van der Waals surface area contributed by atoms with Crippen molar-refractivity contribution in [3.05, 3.63) is 11.1 Å². The van der Waals surface area contributed by atoms with E-state index in [9.17, 15) is 0 Å². The molecule has 0 aromatic rings. The SMILES string of the molecule is C=C(Br)CNCCCN1CCCC1. The molecule has 1 N–H and O–H groups in total. The number of rotatable bonds is 6. The second-order valence-electron chi connectivity index (χ2n) is 3.60. The Balaban J connectivity index is 1.86. The minimum absolute atomic E-state index is 0.889. The number of hydrogen-bond acceptors (Lipinski definition) is 2. The third kappa shape index (κ3) is 5.45. The summed E-state index contributed by atoms with van der Waals surface area (Å²) in [7, 11) is 0. The van der Waals surface area contributed by atoms with Crippen LogP contribution in [0.4, 0.5) is 0 Å². The maximum absolute atomic E-state index is 3.77. The molecule has 1 fully saturated rings. The highest BCUT2D eigenvalue weighted by Crippen LogP contribution is 2.06. The first-order valence-corrected chi connectivity index (χ1v) is 5.84. The van der Waals surface area contributed by atoms with Crippen LogP contribution in [0.2, 0.25) is 0 Å². The van der Waals surface area contributed by atoms with E-state index < -0.39 is 0 Å². The monoisotopic (exact) mass is 246 g/mol. The summed E-state index contributed by atoms with van der Waals surface area (Å²) >= 11 is 3.33. The van der Waals surface area contributed by atoms with E-state index in [4.69, 9.17) is 0 Å². The van der Waals surface area contributed by atoms with Gasteiger partial charge in [0.05, 0.1) is 0 Å². The van der Waals surface area contributed by atoms with Crippen LogP contribution in [0.25, 0.3) is 0 Å². The van der Waals surface area contributed by atoms with E-state index in [-0.39, 0.29) is 0 Å². The summed E-state index contributed by atoms with van der Waals surface area (Å²) < 4.78 is 1.04. The lowest BCUT2D eigenvalue weighted by Gasteiger charge is -2.14. The van der Waals surface area contributed by atoms with Crippen LogP contribution in [0.1, 0.15) is 19.3 Å². The molecular formula is C10H19BrN2. The fraction of sp³-hybridized carbons (Fsp3) is 0.800. The van der Waals surface area contributed by atoms with E-state index in [0.717, 1.165) is 17.6 Å². The Bertz CT molecular complexity index is 153. The van der Waals surface area contributed by atoms with Crippen molar-refractivity contribution in [2.75, 3.05) is 32.7 Å². The molecule has 2 nitrogen and oxygen atoms in total. The number of likely N-dealkylation sites (tertiary alicyclic amines) is 1. The molecule has 76 valence electrons. The summed E-state index contributed by atoms with van der Waals surface area (Å²) in [6.45, 7) is 9.63. The number of nitrogens with one attached hydrogen (secondary N) is 1. The molecule has 0 amide bonds. The highest BCUT2D eigenvalue weighted by Gasteiger charge is 2.09. The summed E-state index contributed by atoms with van der Waals surface area (Å²) in [4.78, 5) is 2.55. The van der Waals surface area contributed by atoms with Gasteiger partial charge in [0.15, 0.2) is 0 Å². The van der Waals surface area contributed by atoms with Crippen molar-refractivity contribution in [2.45, 2.75) is 19.3 Å². The van der Waals surface area contributed by atoms with Crippen LogP contribution in [0.5, 0.6) is 0 Å². The van der Waals surface area contributed by atoms with E-state index in [1.165, 1.54) is 38.9 Å². The second-order valence-corrected chi connectivity index (χ2v) is 4.72. The van der Waals surface area contributed by atoms with Crippen LogP contribution >= 0.6 is 15.9 Å². The lowest BCUT2D eigenvalue weighted by Crippen LogP contribution is -2.25. The minimum Gasteiger partial charge on any atom is -0.312 e. The predicted molar refractivity (Wildman–Crippen MR) is 61.2 cm³/mol. The van der Waals surface area contributed by atoms with Gasteiger partial charge in [-0.25, -0.2) is 0 Å². The lowest BCUT2D eigenvalue weighted by atomic mass is 10.4. The van der Waals surface area contributed by atoms with Gasteiger partial charge < -0.3 is 10.2 Å². The molecule has 0 radical (unpaired) electrons. The molecule has 1 saturated heterocycles. The summed E-state index contributed by atoms with van der Waals surface area (Å²) in [5.74, 6) is 0. The zero-order chi connectivity index (χ0) is 9.52. The smallest absolute Gasteiger partial charge is 0.0265 e. The van der Waals surface area contributed by atoms with Crippen LogP contribution in [-0.2, 0) is 0 Å². The Morgan fingerprint density at radius 1 is 1.38 bits per heavy atom. The van der Waals surface area contributed by atoms with Crippen LogP contribution < -0.4 is 5.32 Å². The molecule has 13 heavy (non-hydrogen) atoms. The van der Waals surface area contributed by atoms with Gasteiger partial charge in [0.1, 0.15) is 0 Å². The molecule has 1 aliphatic rings. The van der Waals surface area contributed by atoms with Gasteiger partial charge in [0.25, 0.3) is 0 Å². The van der Waals surface area contributed by atoms with E-state index in [2.05, 4.69) is 32.7 Å². The van der Waals surface area contributed by atoms with E-state index in [1.807, 2.05) is 0 Å². The third-order valence-electron chi connectivity index (χ3n) is 2.34. The van der Waals surface area contributed by atoms with Crippen molar-refractivity contribution in [3.63, 3.8) is 0 Å². The fourth-order valence-corrected chi connectivity index (χ4v) is 1.86. The third-order valence-corrected chi connectivity index (χ3v) is 2.62. The van der Waals surface area contributed by atoms with Gasteiger partial charge >= 0.3 is 0 Å². The van der Waals surface area contributed by atoms with E-state index >= 15 is 0 Å².